The number of hydrogen-bond donors (Lipinski definition) is 2. The minimum atomic E-state index is 0.0675. The Morgan fingerprint density at radius 1 is 1.67 bits per heavy atom. The molecule has 0 saturated heterocycles. The molecule has 0 aromatic carbocycles. The zero-order valence-corrected chi connectivity index (χ0v) is 9.32. The summed E-state index contributed by atoms with van der Waals surface area (Å²) in [6, 6.07) is 0.0675. The van der Waals surface area contributed by atoms with Crippen LogP contribution in [0.25, 0.3) is 0 Å². The van der Waals surface area contributed by atoms with Crippen molar-refractivity contribution in [2.45, 2.75) is 25.3 Å². The first-order valence-corrected chi connectivity index (χ1v) is 5.70. The van der Waals surface area contributed by atoms with Crippen LogP contribution in [0.3, 0.4) is 0 Å². The summed E-state index contributed by atoms with van der Waals surface area (Å²) in [6.45, 7) is 1.94. The summed E-state index contributed by atoms with van der Waals surface area (Å²) < 4.78 is 1.79. The van der Waals surface area contributed by atoms with Crippen molar-refractivity contribution in [1.82, 2.24) is 15.1 Å². The lowest BCUT2D eigenvalue weighted by atomic mass is 10.2. The molecule has 1 fully saturated rings. The fraction of sp³-hybridized carbons (Fsp3) is 0.727. The predicted octanol–water partition coefficient (Wildman–Crippen LogP) is 0.810. The largest absolute Gasteiger partial charge is 0.323 e. The molecule has 4 nitrogen and oxygen atoms in total. The maximum atomic E-state index is 6.03. The summed E-state index contributed by atoms with van der Waals surface area (Å²) in [7, 11) is 1.91. The van der Waals surface area contributed by atoms with Crippen molar-refractivity contribution >= 4 is 0 Å². The van der Waals surface area contributed by atoms with Gasteiger partial charge in [0.15, 0.2) is 0 Å². The van der Waals surface area contributed by atoms with Gasteiger partial charge < -0.3 is 11.1 Å². The highest BCUT2D eigenvalue weighted by Gasteiger charge is 2.20. The van der Waals surface area contributed by atoms with Crippen molar-refractivity contribution in [3.8, 4) is 0 Å². The summed E-state index contributed by atoms with van der Waals surface area (Å²) in [5.74, 6) is 0.993. The van der Waals surface area contributed by atoms with Gasteiger partial charge in [0.2, 0.25) is 0 Å². The van der Waals surface area contributed by atoms with Gasteiger partial charge in [0, 0.05) is 31.4 Å². The Morgan fingerprint density at radius 3 is 3.07 bits per heavy atom. The molecule has 15 heavy (non-hydrogen) atoms. The highest BCUT2D eigenvalue weighted by molar-refractivity contribution is 5.09. The second-order valence-electron chi connectivity index (χ2n) is 4.49. The zero-order chi connectivity index (χ0) is 10.7. The summed E-state index contributed by atoms with van der Waals surface area (Å²) in [6.07, 6.45) is 7.98. The third-order valence-electron chi connectivity index (χ3n) is 2.94. The Morgan fingerprint density at radius 2 is 2.47 bits per heavy atom. The van der Waals surface area contributed by atoms with Gasteiger partial charge in [-0.3, -0.25) is 4.68 Å². The van der Waals surface area contributed by atoms with Gasteiger partial charge in [-0.25, -0.2) is 0 Å². The average molecular weight is 208 g/mol. The van der Waals surface area contributed by atoms with E-state index in [-0.39, 0.29) is 6.04 Å². The molecule has 4 heteroatoms. The minimum Gasteiger partial charge on any atom is -0.323 e. The monoisotopic (exact) mass is 208 g/mol. The van der Waals surface area contributed by atoms with E-state index >= 15 is 0 Å². The maximum absolute atomic E-state index is 6.03. The molecule has 0 bridgehead atoms. The quantitative estimate of drug-likeness (QED) is 0.680. The summed E-state index contributed by atoms with van der Waals surface area (Å²) >= 11 is 0. The molecule has 1 heterocycles. The zero-order valence-electron chi connectivity index (χ0n) is 9.32. The normalized spacial score (nSPS) is 18.0. The molecule has 1 aliphatic rings. The van der Waals surface area contributed by atoms with Crippen molar-refractivity contribution in [2.24, 2.45) is 18.7 Å². The maximum Gasteiger partial charge on any atom is 0.0537 e. The van der Waals surface area contributed by atoms with E-state index in [0.717, 1.165) is 24.6 Å². The molecule has 0 spiro atoms. The van der Waals surface area contributed by atoms with Crippen LogP contribution in [0, 0.1) is 5.92 Å². The van der Waals surface area contributed by atoms with Crippen LogP contribution in [0.15, 0.2) is 12.4 Å². The Bertz CT molecular complexity index is 303. The Kier molecular flexibility index (Phi) is 3.38. The highest BCUT2D eigenvalue weighted by Crippen LogP contribution is 2.31. The van der Waals surface area contributed by atoms with Crippen molar-refractivity contribution in [1.29, 1.82) is 0 Å². The van der Waals surface area contributed by atoms with E-state index in [9.17, 15) is 0 Å². The number of aryl methyl sites for hydroxylation is 1. The van der Waals surface area contributed by atoms with E-state index in [0.29, 0.717) is 0 Å². The van der Waals surface area contributed by atoms with Gasteiger partial charge in [0.25, 0.3) is 0 Å². The van der Waals surface area contributed by atoms with E-state index in [4.69, 9.17) is 5.73 Å². The number of hydrogen-bond acceptors (Lipinski definition) is 3. The Balaban J connectivity index is 1.64. The van der Waals surface area contributed by atoms with Crippen molar-refractivity contribution < 1.29 is 0 Å². The van der Waals surface area contributed by atoms with Crippen molar-refractivity contribution in [3.05, 3.63) is 18.0 Å². The minimum absolute atomic E-state index is 0.0675. The first-order chi connectivity index (χ1) is 7.25. The molecule has 0 aliphatic heterocycles. The predicted molar refractivity (Wildman–Crippen MR) is 60.3 cm³/mol. The van der Waals surface area contributed by atoms with E-state index in [1.54, 1.807) is 4.68 Å². The number of rotatable bonds is 6. The number of aromatic nitrogens is 2. The fourth-order valence-corrected chi connectivity index (χ4v) is 1.72. The third kappa shape index (κ3) is 3.32. The second-order valence-corrected chi connectivity index (χ2v) is 4.49. The van der Waals surface area contributed by atoms with Crippen molar-refractivity contribution in [2.75, 3.05) is 13.1 Å². The molecule has 1 atom stereocenters. The van der Waals surface area contributed by atoms with Gasteiger partial charge in [0.05, 0.1) is 6.20 Å². The Hall–Kier alpha value is -0.870. The summed E-state index contributed by atoms with van der Waals surface area (Å²) in [4.78, 5) is 0. The first-order valence-electron chi connectivity index (χ1n) is 5.70. The van der Waals surface area contributed by atoms with Crippen LogP contribution in [-0.4, -0.2) is 22.9 Å². The van der Waals surface area contributed by atoms with Crippen LogP contribution in [-0.2, 0) is 7.05 Å². The van der Waals surface area contributed by atoms with Gasteiger partial charge in [-0.2, -0.15) is 5.10 Å². The lowest BCUT2D eigenvalue weighted by Crippen LogP contribution is -2.27. The van der Waals surface area contributed by atoms with E-state index in [1.165, 1.54) is 19.3 Å². The molecule has 0 radical (unpaired) electrons. The lowest BCUT2D eigenvalue weighted by molar-refractivity contribution is 0.564. The van der Waals surface area contributed by atoms with Gasteiger partial charge in [-0.15, -0.1) is 0 Å². The van der Waals surface area contributed by atoms with Gasteiger partial charge in [-0.1, -0.05) is 12.8 Å². The molecule has 3 N–H and O–H groups in total. The molecular weight excluding hydrogens is 188 g/mol. The standard InChI is InChI=1S/C11H20N4/c1-15-8-10(6-14-15)11(12)7-13-5-4-9-2-3-9/h6,8-9,11,13H,2-5,7,12H2,1H3. The number of nitrogens with one attached hydrogen (secondary N) is 1. The van der Waals surface area contributed by atoms with Crippen LogP contribution in [0.5, 0.6) is 0 Å². The lowest BCUT2D eigenvalue weighted by Gasteiger charge is -2.10. The SMILES string of the molecule is Cn1cc(C(N)CNCCC2CC2)cn1. The van der Waals surface area contributed by atoms with Crippen LogP contribution in [0.4, 0.5) is 0 Å². The molecule has 0 amide bonds. The molecule has 1 aliphatic carbocycles. The van der Waals surface area contributed by atoms with Crippen LogP contribution < -0.4 is 11.1 Å². The first kappa shape index (κ1) is 10.6. The number of nitrogens with two attached hydrogens (primary N) is 1. The van der Waals surface area contributed by atoms with E-state index < -0.39 is 0 Å². The molecule has 1 saturated carbocycles. The second kappa shape index (κ2) is 4.77. The molecule has 1 aromatic heterocycles. The summed E-state index contributed by atoms with van der Waals surface area (Å²) in [5.41, 5.74) is 7.13. The van der Waals surface area contributed by atoms with Crippen LogP contribution >= 0.6 is 0 Å². The average Bonchev–Trinajstić information content (AvgIpc) is 2.94. The summed E-state index contributed by atoms with van der Waals surface area (Å²) in [5, 5.41) is 7.52. The van der Waals surface area contributed by atoms with Gasteiger partial charge in [0.1, 0.15) is 0 Å². The third-order valence-corrected chi connectivity index (χ3v) is 2.94. The molecule has 1 unspecified atom stereocenters. The fourth-order valence-electron chi connectivity index (χ4n) is 1.72. The van der Waals surface area contributed by atoms with E-state index in [1.807, 2.05) is 19.4 Å². The smallest absolute Gasteiger partial charge is 0.0537 e. The molecule has 84 valence electrons. The van der Waals surface area contributed by atoms with Crippen LogP contribution in [0.2, 0.25) is 0 Å². The molecular formula is C11H20N4. The van der Waals surface area contributed by atoms with Gasteiger partial charge in [-0.05, 0) is 18.9 Å². The highest BCUT2D eigenvalue weighted by atomic mass is 15.2. The molecule has 2 rings (SSSR count). The van der Waals surface area contributed by atoms with Crippen molar-refractivity contribution in [3.63, 3.8) is 0 Å². The van der Waals surface area contributed by atoms with Gasteiger partial charge >= 0.3 is 0 Å². The van der Waals surface area contributed by atoms with Crippen LogP contribution in [0.1, 0.15) is 30.9 Å². The Labute approximate surface area is 90.8 Å². The number of nitrogens with zero attached hydrogens (tertiary/aromatic N) is 2. The topological polar surface area (TPSA) is 55.9 Å². The molecule has 1 aromatic rings. The van der Waals surface area contributed by atoms with E-state index in [2.05, 4.69) is 10.4 Å².